The molecule has 1 aromatic heterocycles. The summed E-state index contributed by atoms with van der Waals surface area (Å²) in [5, 5.41) is 0. The third-order valence-corrected chi connectivity index (χ3v) is 2.67. The van der Waals surface area contributed by atoms with Crippen molar-refractivity contribution >= 4 is 5.69 Å². The first-order valence-electron chi connectivity index (χ1n) is 6.05. The van der Waals surface area contributed by atoms with E-state index >= 15 is 0 Å². The summed E-state index contributed by atoms with van der Waals surface area (Å²) in [5.74, 6) is -2.86. The molecule has 112 valence electrons. The van der Waals surface area contributed by atoms with E-state index < -0.39 is 28.7 Å². The Morgan fingerprint density at radius 2 is 1.71 bits per heavy atom. The molecule has 2 aromatic rings. The fourth-order valence-electron chi connectivity index (χ4n) is 1.74. The molecule has 1 heterocycles. The van der Waals surface area contributed by atoms with Crippen molar-refractivity contribution in [1.82, 2.24) is 4.98 Å². The second kappa shape index (κ2) is 6.45. The molecule has 0 saturated heterocycles. The van der Waals surface area contributed by atoms with Crippen LogP contribution >= 0.6 is 0 Å². The molecule has 0 aliphatic heterocycles. The first-order valence-corrected chi connectivity index (χ1v) is 6.05. The van der Waals surface area contributed by atoms with Crippen LogP contribution in [0.15, 0.2) is 24.4 Å². The van der Waals surface area contributed by atoms with Crippen molar-refractivity contribution in [3.05, 3.63) is 41.8 Å². The molecule has 0 unspecified atom stereocenters. The summed E-state index contributed by atoms with van der Waals surface area (Å²) in [4.78, 5) is 3.63. The SMILES string of the molecule is COCCOc1cc(F)c(-c2ncc(N)cc2F)c(F)c1. The van der Waals surface area contributed by atoms with Crippen LogP contribution in [0.5, 0.6) is 5.75 Å². The monoisotopic (exact) mass is 298 g/mol. The van der Waals surface area contributed by atoms with Crippen LogP contribution in [0.2, 0.25) is 0 Å². The zero-order valence-corrected chi connectivity index (χ0v) is 11.2. The molecule has 1 aromatic carbocycles. The number of anilines is 1. The number of hydrogen-bond acceptors (Lipinski definition) is 4. The van der Waals surface area contributed by atoms with E-state index in [4.69, 9.17) is 15.2 Å². The van der Waals surface area contributed by atoms with E-state index in [1.807, 2.05) is 0 Å². The minimum absolute atomic E-state index is 0.0124. The van der Waals surface area contributed by atoms with E-state index in [1.54, 1.807) is 0 Å². The van der Waals surface area contributed by atoms with Crippen LogP contribution in [0.4, 0.5) is 18.9 Å². The number of nitrogens with two attached hydrogens (primary N) is 1. The van der Waals surface area contributed by atoms with E-state index in [-0.39, 0.29) is 24.7 Å². The smallest absolute Gasteiger partial charge is 0.151 e. The lowest BCUT2D eigenvalue weighted by atomic mass is 10.1. The molecule has 0 amide bonds. The lowest BCUT2D eigenvalue weighted by Crippen LogP contribution is -2.05. The van der Waals surface area contributed by atoms with Crippen molar-refractivity contribution in [1.29, 1.82) is 0 Å². The lowest BCUT2D eigenvalue weighted by molar-refractivity contribution is 0.146. The Bertz CT molecular complexity index is 627. The zero-order valence-electron chi connectivity index (χ0n) is 11.2. The number of pyridine rings is 1. The maximum atomic E-state index is 14.0. The standard InChI is InChI=1S/C14H13F3N2O2/c1-20-2-3-21-9-5-10(15)13(11(16)6-9)14-12(17)4-8(18)7-19-14/h4-7H,2-3,18H2,1H3. The summed E-state index contributed by atoms with van der Waals surface area (Å²) in [6.45, 7) is 0.419. The van der Waals surface area contributed by atoms with E-state index in [0.29, 0.717) is 0 Å². The molecule has 2 rings (SSSR count). The van der Waals surface area contributed by atoms with Crippen LogP contribution in [0.1, 0.15) is 0 Å². The first-order chi connectivity index (χ1) is 10.0. The van der Waals surface area contributed by atoms with E-state index in [2.05, 4.69) is 4.98 Å². The van der Waals surface area contributed by atoms with E-state index in [1.165, 1.54) is 7.11 Å². The molecule has 4 nitrogen and oxygen atoms in total. The maximum absolute atomic E-state index is 14.0. The van der Waals surface area contributed by atoms with Gasteiger partial charge in [0.05, 0.1) is 24.1 Å². The van der Waals surface area contributed by atoms with Crippen molar-refractivity contribution in [2.24, 2.45) is 0 Å². The predicted molar refractivity (Wildman–Crippen MR) is 71.3 cm³/mol. The van der Waals surface area contributed by atoms with Gasteiger partial charge in [-0.3, -0.25) is 4.98 Å². The average molecular weight is 298 g/mol. The summed E-state index contributed by atoms with van der Waals surface area (Å²) in [7, 11) is 1.48. The van der Waals surface area contributed by atoms with Gasteiger partial charge in [0.15, 0.2) is 5.82 Å². The highest BCUT2D eigenvalue weighted by atomic mass is 19.1. The summed E-state index contributed by atoms with van der Waals surface area (Å²) in [6, 6.07) is 2.88. The highest BCUT2D eigenvalue weighted by Gasteiger charge is 2.18. The van der Waals surface area contributed by atoms with Gasteiger partial charge in [-0.25, -0.2) is 13.2 Å². The number of halogens is 3. The van der Waals surface area contributed by atoms with Gasteiger partial charge in [-0.15, -0.1) is 0 Å². The van der Waals surface area contributed by atoms with Crippen LogP contribution in [0.25, 0.3) is 11.3 Å². The normalized spacial score (nSPS) is 10.7. The molecule has 0 spiro atoms. The average Bonchev–Trinajstić information content (AvgIpc) is 2.41. The Morgan fingerprint density at radius 3 is 2.29 bits per heavy atom. The zero-order chi connectivity index (χ0) is 15.4. The lowest BCUT2D eigenvalue weighted by Gasteiger charge is -2.10. The number of ether oxygens (including phenoxy) is 2. The van der Waals surface area contributed by atoms with Gasteiger partial charge < -0.3 is 15.2 Å². The second-order valence-electron chi connectivity index (χ2n) is 4.20. The Hall–Kier alpha value is -2.28. The minimum atomic E-state index is -0.974. The van der Waals surface area contributed by atoms with Crippen LogP contribution in [0, 0.1) is 17.5 Å². The van der Waals surface area contributed by atoms with Gasteiger partial charge in [-0.2, -0.15) is 0 Å². The largest absolute Gasteiger partial charge is 0.491 e. The maximum Gasteiger partial charge on any atom is 0.151 e. The fraction of sp³-hybridized carbons (Fsp3) is 0.214. The quantitative estimate of drug-likeness (QED) is 0.862. The van der Waals surface area contributed by atoms with Gasteiger partial charge in [0.2, 0.25) is 0 Å². The number of hydrogen-bond donors (Lipinski definition) is 1. The summed E-state index contributed by atoms with van der Waals surface area (Å²) < 4.78 is 51.6. The van der Waals surface area contributed by atoms with Gasteiger partial charge >= 0.3 is 0 Å². The van der Waals surface area contributed by atoms with Crippen molar-refractivity contribution in [3.8, 4) is 17.0 Å². The fourth-order valence-corrected chi connectivity index (χ4v) is 1.74. The van der Waals surface area contributed by atoms with Crippen molar-refractivity contribution in [3.63, 3.8) is 0 Å². The molecule has 2 N–H and O–H groups in total. The number of benzene rings is 1. The van der Waals surface area contributed by atoms with E-state index in [0.717, 1.165) is 24.4 Å². The van der Waals surface area contributed by atoms with Gasteiger partial charge in [0, 0.05) is 25.3 Å². The van der Waals surface area contributed by atoms with Gasteiger partial charge in [0.1, 0.15) is 29.7 Å². The molecule has 0 atom stereocenters. The Kier molecular flexibility index (Phi) is 4.64. The molecule has 21 heavy (non-hydrogen) atoms. The number of methoxy groups -OCH3 is 1. The van der Waals surface area contributed by atoms with Gasteiger partial charge in [0.25, 0.3) is 0 Å². The van der Waals surface area contributed by atoms with Crippen molar-refractivity contribution < 1.29 is 22.6 Å². The predicted octanol–water partition coefficient (Wildman–Crippen LogP) is 2.77. The highest BCUT2D eigenvalue weighted by Crippen LogP contribution is 2.30. The highest BCUT2D eigenvalue weighted by molar-refractivity contribution is 5.64. The molecule has 0 saturated carbocycles. The van der Waals surface area contributed by atoms with Crippen LogP contribution in [0.3, 0.4) is 0 Å². The third kappa shape index (κ3) is 3.43. The summed E-state index contributed by atoms with van der Waals surface area (Å²) in [5.41, 5.74) is 4.41. The van der Waals surface area contributed by atoms with Gasteiger partial charge in [-0.1, -0.05) is 0 Å². The Labute approximate surface area is 119 Å². The second-order valence-corrected chi connectivity index (χ2v) is 4.20. The molecule has 0 aliphatic rings. The van der Waals surface area contributed by atoms with Gasteiger partial charge in [-0.05, 0) is 0 Å². The van der Waals surface area contributed by atoms with Crippen molar-refractivity contribution in [2.45, 2.75) is 0 Å². The Balaban J connectivity index is 2.36. The minimum Gasteiger partial charge on any atom is -0.491 e. The third-order valence-electron chi connectivity index (χ3n) is 2.67. The van der Waals surface area contributed by atoms with Crippen LogP contribution < -0.4 is 10.5 Å². The van der Waals surface area contributed by atoms with Crippen LogP contribution in [-0.4, -0.2) is 25.3 Å². The summed E-state index contributed by atoms with van der Waals surface area (Å²) in [6.07, 6.45) is 1.13. The summed E-state index contributed by atoms with van der Waals surface area (Å²) >= 11 is 0. The molecule has 7 heteroatoms. The molecular weight excluding hydrogens is 285 g/mol. The first kappa shape index (κ1) is 15.1. The van der Waals surface area contributed by atoms with E-state index in [9.17, 15) is 13.2 Å². The molecule has 0 radical (unpaired) electrons. The van der Waals surface area contributed by atoms with Crippen molar-refractivity contribution in [2.75, 3.05) is 26.1 Å². The topological polar surface area (TPSA) is 57.4 Å². The number of nitrogens with zero attached hydrogens (tertiary/aromatic N) is 1. The molecule has 0 aliphatic carbocycles. The Morgan fingerprint density at radius 1 is 1.05 bits per heavy atom. The molecule has 0 bridgehead atoms. The number of rotatable bonds is 5. The number of nitrogen functional groups attached to an aromatic ring is 1. The molecular formula is C14H13F3N2O2. The van der Waals surface area contributed by atoms with Crippen LogP contribution in [-0.2, 0) is 4.74 Å². The number of aromatic nitrogens is 1. The molecule has 0 fully saturated rings.